The maximum atomic E-state index is 13.5. The molecule has 3 unspecified atom stereocenters. The summed E-state index contributed by atoms with van der Waals surface area (Å²) in [6, 6.07) is 10.1. The number of aromatic amines is 1. The number of hydrogen-bond donors (Lipinski definition) is 2. The molecule has 2 amide bonds. The van der Waals surface area contributed by atoms with Gasteiger partial charge in [-0.25, -0.2) is 0 Å². The number of para-hydroxylation sites is 1. The molecule has 0 aliphatic carbocycles. The highest BCUT2D eigenvalue weighted by Crippen LogP contribution is 2.37. The monoisotopic (exact) mass is 492 g/mol. The summed E-state index contributed by atoms with van der Waals surface area (Å²) in [7, 11) is 1.51. The molecular weight excluding hydrogens is 456 g/mol. The summed E-state index contributed by atoms with van der Waals surface area (Å²) in [5, 5.41) is 3.83. The lowest BCUT2D eigenvalue weighted by molar-refractivity contribution is -0.133. The number of benzene rings is 1. The standard InChI is InChI=1S/C28H36N4O4/c1-16-13-25(36-6)23(27(34)30-16)15-29-28(35)26-19(4)32(24-10-8-7-9-22(24)26)18(3)21-11-12-31(20(5)33)17(2)14-21/h7-10,13,17-18,21H,11-12,14-15H2,1-6H3,(H,29,35)(H,30,34). The van der Waals surface area contributed by atoms with Crippen molar-refractivity contribution in [1.29, 1.82) is 0 Å². The number of ether oxygens (including phenoxy) is 1. The molecule has 4 rings (SSSR count). The highest BCUT2D eigenvalue weighted by molar-refractivity contribution is 6.08. The van der Waals surface area contributed by atoms with Crippen LogP contribution >= 0.6 is 0 Å². The number of hydrogen-bond acceptors (Lipinski definition) is 4. The quantitative estimate of drug-likeness (QED) is 0.542. The Balaban J connectivity index is 1.64. The van der Waals surface area contributed by atoms with Gasteiger partial charge in [0.1, 0.15) is 5.75 Å². The summed E-state index contributed by atoms with van der Waals surface area (Å²) in [5.41, 5.74) is 3.34. The van der Waals surface area contributed by atoms with Gasteiger partial charge in [-0.05, 0) is 58.6 Å². The molecule has 8 heteroatoms. The van der Waals surface area contributed by atoms with E-state index in [2.05, 4.69) is 34.8 Å². The number of piperidine rings is 1. The number of carbonyl (C=O) groups is 2. The number of aryl methyl sites for hydroxylation is 1. The highest BCUT2D eigenvalue weighted by atomic mass is 16.5. The Bertz CT molecular complexity index is 1360. The summed E-state index contributed by atoms with van der Waals surface area (Å²) < 4.78 is 7.64. The van der Waals surface area contributed by atoms with Crippen molar-refractivity contribution in [2.75, 3.05) is 13.7 Å². The van der Waals surface area contributed by atoms with E-state index in [1.165, 1.54) is 7.11 Å². The van der Waals surface area contributed by atoms with Crippen molar-refractivity contribution in [2.45, 2.75) is 66.1 Å². The van der Waals surface area contributed by atoms with Crippen LogP contribution in [0.15, 0.2) is 35.1 Å². The zero-order chi connectivity index (χ0) is 26.1. The smallest absolute Gasteiger partial charge is 0.256 e. The Morgan fingerprint density at radius 1 is 1.25 bits per heavy atom. The number of fused-ring (bicyclic) bond motifs is 1. The first-order valence-corrected chi connectivity index (χ1v) is 12.6. The molecule has 1 aromatic carbocycles. The van der Waals surface area contributed by atoms with Gasteiger partial charge in [0.05, 0.1) is 24.8 Å². The van der Waals surface area contributed by atoms with E-state index in [1.807, 2.05) is 30.0 Å². The highest BCUT2D eigenvalue weighted by Gasteiger charge is 2.33. The number of rotatable bonds is 6. The van der Waals surface area contributed by atoms with Gasteiger partial charge >= 0.3 is 0 Å². The van der Waals surface area contributed by atoms with E-state index in [1.54, 1.807) is 19.9 Å². The first-order chi connectivity index (χ1) is 17.1. The molecule has 0 radical (unpaired) electrons. The van der Waals surface area contributed by atoms with Crippen LogP contribution in [0.1, 0.15) is 67.0 Å². The van der Waals surface area contributed by atoms with E-state index in [-0.39, 0.29) is 36.0 Å². The second-order valence-corrected chi connectivity index (χ2v) is 9.95. The normalized spacial score (nSPS) is 18.8. The van der Waals surface area contributed by atoms with E-state index in [9.17, 15) is 14.4 Å². The molecule has 3 aromatic rings. The Hall–Kier alpha value is -3.55. The summed E-state index contributed by atoms with van der Waals surface area (Å²) in [6.45, 7) is 10.5. The predicted octanol–water partition coefficient (Wildman–Crippen LogP) is 4.09. The average Bonchev–Trinajstić information content (AvgIpc) is 3.13. The zero-order valence-corrected chi connectivity index (χ0v) is 22.0. The Kier molecular flexibility index (Phi) is 7.24. The second kappa shape index (κ2) is 10.2. The van der Waals surface area contributed by atoms with Crippen molar-refractivity contribution >= 4 is 22.7 Å². The molecule has 0 spiro atoms. The van der Waals surface area contributed by atoms with E-state index in [4.69, 9.17) is 4.74 Å². The predicted molar refractivity (Wildman–Crippen MR) is 140 cm³/mol. The van der Waals surface area contributed by atoms with Crippen molar-refractivity contribution in [2.24, 2.45) is 5.92 Å². The zero-order valence-electron chi connectivity index (χ0n) is 22.0. The fourth-order valence-corrected chi connectivity index (χ4v) is 5.82. The molecule has 1 aliphatic rings. The minimum absolute atomic E-state index is 0.0626. The number of aromatic nitrogens is 2. The van der Waals surface area contributed by atoms with E-state index in [0.29, 0.717) is 28.5 Å². The second-order valence-electron chi connectivity index (χ2n) is 9.95. The summed E-state index contributed by atoms with van der Waals surface area (Å²) in [6.07, 6.45) is 1.85. The van der Waals surface area contributed by atoms with Gasteiger partial charge in [0.25, 0.3) is 11.5 Å². The van der Waals surface area contributed by atoms with Crippen LogP contribution in [0.4, 0.5) is 0 Å². The number of methoxy groups -OCH3 is 1. The van der Waals surface area contributed by atoms with Crippen molar-refractivity contribution in [3.8, 4) is 5.75 Å². The van der Waals surface area contributed by atoms with Crippen LogP contribution in [0.5, 0.6) is 5.75 Å². The van der Waals surface area contributed by atoms with Gasteiger partial charge < -0.3 is 24.5 Å². The van der Waals surface area contributed by atoms with Crippen molar-refractivity contribution in [3.05, 3.63) is 63.2 Å². The first kappa shape index (κ1) is 25.5. The number of carbonyl (C=O) groups excluding carboxylic acids is 2. The lowest BCUT2D eigenvalue weighted by atomic mass is 9.86. The van der Waals surface area contributed by atoms with Crippen LogP contribution in [-0.4, -0.2) is 46.0 Å². The van der Waals surface area contributed by atoms with E-state index >= 15 is 0 Å². The topological polar surface area (TPSA) is 96.4 Å². The molecule has 0 saturated carbocycles. The molecule has 1 fully saturated rings. The van der Waals surface area contributed by atoms with Crippen molar-refractivity contribution in [1.82, 2.24) is 19.8 Å². The van der Waals surface area contributed by atoms with Crippen LogP contribution in [0.25, 0.3) is 10.9 Å². The Morgan fingerprint density at radius 3 is 2.64 bits per heavy atom. The lowest BCUT2D eigenvalue weighted by Gasteiger charge is -2.40. The van der Waals surface area contributed by atoms with E-state index < -0.39 is 0 Å². The van der Waals surface area contributed by atoms with Gasteiger partial charge in [0.2, 0.25) is 5.91 Å². The maximum Gasteiger partial charge on any atom is 0.256 e. The van der Waals surface area contributed by atoms with Crippen molar-refractivity contribution in [3.63, 3.8) is 0 Å². The molecule has 3 heterocycles. The molecule has 3 atom stereocenters. The molecular formula is C28H36N4O4. The summed E-state index contributed by atoms with van der Waals surface area (Å²) in [4.78, 5) is 42.7. The van der Waals surface area contributed by atoms with Crippen molar-refractivity contribution < 1.29 is 14.3 Å². The largest absolute Gasteiger partial charge is 0.496 e. The van der Waals surface area contributed by atoms with Crippen LogP contribution in [0.3, 0.4) is 0 Å². The molecule has 8 nitrogen and oxygen atoms in total. The molecule has 2 N–H and O–H groups in total. The number of pyridine rings is 1. The summed E-state index contributed by atoms with van der Waals surface area (Å²) in [5.74, 6) is 0.738. The van der Waals surface area contributed by atoms with Gasteiger partial charge in [-0.3, -0.25) is 14.4 Å². The maximum absolute atomic E-state index is 13.5. The number of H-pyrrole nitrogens is 1. The third-order valence-electron chi connectivity index (χ3n) is 7.67. The molecule has 1 aliphatic heterocycles. The molecule has 0 bridgehead atoms. The van der Waals surface area contributed by atoms with E-state index in [0.717, 1.165) is 36.0 Å². The third kappa shape index (κ3) is 4.64. The molecule has 36 heavy (non-hydrogen) atoms. The Morgan fingerprint density at radius 2 is 1.97 bits per heavy atom. The van der Waals surface area contributed by atoms with Gasteiger partial charge in [-0.1, -0.05) is 18.2 Å². The van der Waals surface area contributed by atoms with Crippen LogP contribution in [-0.2, 0) is 11.3 Å². The first-order valence-electron chi connectivity index (χ1n) is 12.6. The molecule has 2 aromatic heterocycles. The number of nitrogens with one attached hydrogen (secondary N) is 2. The number of likely N-dealkylation sites (tertiary alicyclic amines) is 1. The van der Waals surface area contributed by atoms with Gasteiger partial charge in [0, 0.05) is 47.8 Å². The van der Waals surface area contributed by atoms with Crippen LogP contribution in [0.2, 0.25) is 0 Å². The van der Waals surface area contributed by atoms with Gasteiger partial charge in [-0.2, -0.15) is 0 Å². The summed E-state index contributed by atoms with van der Waals surface area (Å²) >= 11 is 0. The van der Waals surface area contributed by atoms with Crippen LogP contribution < -0.4 is 15.6 Å². The third-order valence-corrected chi connectivity index (χ3v) is 7.67. The fraction of sp³-hybridized carbons (Fsp3) is 0.464. The molecule has 1 saturated heterocycles. The SMILES string of the molecule is COc1cc(C)[nH]c(=O)c1CNC(=O)c1c(C)n(C(C)C2CCN(C(C)=O)C(C)C2)c2ccccc12. The minimum Gasteiger partial charge on any atom is -0.496 e. The average molecular weight is 493 g/mol. The lowest BCUT2D eigenvalue weighted by Crippen LogP contribution is -2.44. The number of nitrogens with zero attached hydrogens (tertiary/aromatic N) is 2. The fourth-order valence-electron chi connectivity index (χ4n) is 5.82. The van der Waals surface area contributed by atoms with Crippen LogP contribution in [0, 0.1) is 19.8 Å². The van der Waals surface area contributed by atoms with Gasteiger partial charge in [-0.15, -0.1) is 0 Å². The number of amides is 2. The Labute approximate surface area is 211 Å². The minimum atomic E-state index is -0.272. The van der Waals surface area contributed by atoms with Gasteiger partial charge in [0.15, 0.2) is 0 Å². The molecule has 192 valence electrons.